The number of hydrogen-bond donors (Lipinski definition) is 1. The number of carbonyl (C=O) groups excluding carboxylic acids is 1. The number of benzene rings is 1. The van der Waals surface area contributed by atoms with Crippen molar-refractivity contribution in [3.8, 4) is 6.07 Å². The minimum absolute atomic E-state index is 0.00221. The average Bonchev–Trinajstić information content (AvgIpc) is 2.52. The third kappa shape index (κ3) is 3.85. The van der Waals surface area contributed by atoms with E-state index in [9.17, 15) is 10.1 Å². The Bertz CT molecular complexity index is 580. The topological polar surface area (TPSA) is 65.4 Å². The molecule has 1 fully saturated rings. The fourth-order valence-electron chi connectivity index (χ4n) is 2.78. The molecule has 2 atom stereocenters. The van der Waals surface area contributed by atoms with Crippen molar-refractivity contribution in [2.45, 2.75) is 32.9 Å². The maximum atomic E-state index is 11.5. The molecule has 0 saturated carbocycles. The van der Waals surface area contributed by atoms with Crippen LogP contribution < -0.4 is 5.32 Å². The molecular weight excluding hydrogens is 278 g/mol. The molecule has 22 heavy (non-hydrogen) atoms. The number of Topliss-reactive ketones (excluding diaryl/α,β-unsaturated/α-hetero) is 1. The third-order valence-corrected chi connectivity index (χ3v) is 4.12. The van der Waals surface area contributed by atoms with Gasteiger partial charge in [0.1, 0.15) is 6.07 Å². The van der Waals surface area contributed by atoms with E-state index in [4.69, 9.17) is 4.74 Å². The number of hydrogen-bond acceptors (Lipinski definition) is 5. The molecule has 0 bridgehead atoms. The molecule has 1 heterocycles. The van der Waals surface area contributed by atoms with Crippen LogP contribution in [0.2, 0.25) is 0 Å². The summed E-state index contributed by atoms with van der Waals surface area (Å²) < 4.78 is 5.46. The fraction of sp³-hybridized carbons (Fsp3) is 0.529. The molecule has 0 spiro atoms. The van der Waals surface area contributed by atoms with Gasteiger partial charge in [0.15, 0.2) is 5.78 Å². The van der Waals surface area contributed by atoms with Crippen LogP contribution in [-0.4, -0.2) is 49.1 Å². The molecule has 2 unspecified atom stereocenters. The second-order valence-electron chi connectivity index (χ2n) is 5.82. The summed E-state index contributed by atoms with van der Waals surface area (Å²) in [6, 6.07) is 8.03. The SMILES string of the molecule is CC(=O)c1ccc(C#N)c(NCC(C)N2CCOCC2C)c1. The van der Waals surface area contributed by atoms with Crippen molar-refractivity contribution in [2.75, 3.05) is 31.6 Å². The van der Waals surface area contributed by atoms with Crippen LogP contribution in [0.15, 0.2) is 18.2 Å². The van der Waals surface area contributed by atoms with Crippen LogP contribution in [0.4, 0.5) is 5.69 Å². The summed E-state index contributed by atoms with van der Waals surface area (Å²) in [5, 5.41) is 12.5. The maximum absolute atomic E-state index is 11.5. The number of carbonyl (C=O) groups is 1. The molecule has 0 amide bonds. The quantitative estimate of drug-likeness (QED) is 0.845. The molecule has 1 aliphatic heterocycles. The first-order valence-corrected chi connectivity index (χ1v) is 7.65. The first-order valence-electron chi connectivity index (χ1n) is 7.65. The predicted octanol–water partition coefficient (Wildman–Crippen LogP) is 2.28. The Kier molecular flexibility index (Phi) is 5.53. The van der Waals surface area contributed by atoms with E-state index in [1.54, 1.807) is 18.2 Å². The van der Waals surface area contributed by atoms with Crippen molar-refractivity contribution in [1.82, 2.24) is 4.90 Å². The Morgan fingerprint density at radius 2 is 2.36 bits per heavy atom. The highest BCUT2D eigenvalue weighted by molar-refractivity contribution is 5.95. The second-order valence-corrected chi connectivity index (χ2v) is 5.82. The lowest BCUT2D eigenvalue weighted by Gasteiger charge is -2.38. The molecule has 5 nitrogen and oxygen atoms in total. The molecule has 0 radical (unpaired) electrons. The molecule has 1 N–H and O–H groups in total. The van der Waals surface area contributed by atoms with Gasteiger partial charge in [-0.3, -0.25) is 9.69 Å². The van der Waals surface area contributed by atoms with Crippen molar-refractivity contribution in [3.05, 3.63) is 29.3 Å². The summed E-state index contributed by atoms with van der Waals surface area (Å²) in [5.74, 6) is 0.00221. The van der Waals surface area contributed by atoms with Crippen molar-refractivity contribution >= 4 is 11.5 Å². The highest BCUT2D eigenvalue weighted by Crippen LogP contribution is 2.19. The Balaban J connectivity index is 2.05. The zero-order valence-electron chi connectivity index (χ0n) is 13.4. The van der Waals surface area contributed by atoms with E-state index in [2.05, 4.69) is 30.1 Å². The highest BCUT2D eigenvalue weighted by Gasteiger charge is 2.23. The van der Waals surface area contributed by atoms with Gasteiger partial charge in [0, 0.05) is 30.7 Å². The molecule has 2 rings (SSSR count). The molecule has 0 aromatic heterocycles. The smallest absolute Gasteiger partial charge is 0.159 e. The van der Waals surface area contributed by atoms with E-state index in [1.165, 1.54) is 6.92 Å². The van der Waals surface area contributed by atoms with E-state index < -0.39 is 0 Å². The maximum Gasteiger partial charge on any atom is 0.159 e. The van der Waals surface area contributed by atoms with Gasteiger partial charge >= 0.3 is 0 Å². The number of anilines is 1. The van der Waals surface area contributed by atoms with Gasteiger partial charge in [0.05, 0.1) is 24.5 Å². The number of morpholine rings is 1. The summed E-state index contributed by atoms with van der Waals surface area (Å²) in [7, 11) is 0. The summed E-state index contributed by atoms with van der Waals surface area (Å²) in [5.41, 5.74) is 1.91. The van der Waals surface area contributed by atoms with Gasteiger partial charge in [-0.15, -0.1) is 0 Å². The van der Waals surface area contributed by atoms with Crippen LogP contribution in [0.3, 0.4) is 0 Å². The summed E-state index contributed by atoms with van der Waals surface area (Å²) in [4.78, 5) is 13.9. The Hall–Kier alpha value is -1.90. The number of ketones is 1. The summed E-state index contributed by atoms with van der Waals surface area (Å²) >= 11 is 0. The Morgan fingerprint density at radius 1 is 1.59 bits per heavy atom. The first-order chi connectivity index (χ1) is 10.5. The van der Waals surface area contributed by atoms with Crippen LogP contribution >= 0.6 is 0 Å². The van der Waals surface area contributed by atoms with E-state index in [0.29, 0.717) is 23.2 Å². The molecule has 1 aromatic rings. The van der Waals surface area contributed by atoms with Gasteiger partial charge in [0.25, 0.3) is 0 Å². The molecule has 1 aliphatic rings. The number of nitriles is 1. The lowest BCUT2D eigenvalue weighted by atomic mass is 10.1. The van der Waals surface area contributed by atoms with Crippen molar-refractivity contribution < 1.29 is 9.53 Å². The predicted molar refractivity (Wildman–Crippen MR) is 86.1 cm³/mol. The van der Waals surface area contributed by atoms with Crippen molar-refractivity contribution in [3.63, 3.8) is 0 Å². The number of rotatable bonds is 5. The molecule has 1 saturated heterocycles. The van der Waals surface area contributed by atoms with E-state index in [0.717, 1.165) is 32.0 Å². The molecular formula is C17H23N3O2. The van der Waals surface area contributed by atoms with Crippen LogP contribution in [0, 0.1) is 11.3 Å². The Morgan fingerprint density at radius 3 is 3.00 bits per heavy atom. The van der Waals surface area contributed by atoms with Gasteiger partial charge in [-0.2, -0.15) is 5.26 Å². The second kappa shape index (κ2) is 7.39. The molecule has 0 aliphatic carbocycles. The van der Waals surface area contributed by atoms with Crippen LogP contribution in [-0.2, 0) is 4.74 Å². The minimum Gasteiger partial charge on any atom is -0.382 e. The number of nitrogens with zero attached hydrogens (tertiary/aromatic N) is 2. The number of nitrogens with one attached hydrogen (secondary N) is 1. The number of ether oxygens (including phenoxy) is 1. The minimum atomic E-state index is 0.00221. The Labute approximate surface area is 131 Å². The van der Waals surface area contributed by atoms with Crippen LogP contribution in [0.5, 0.6) is 0 Å². The normalized spacial score (nSPS) is 20.2. The molecule has 1 aromatic carbocycles. The largest absolute Gasteiger partial charge is 0.382 e. The summed E-state index contributed by atoms with van der Waals surface area (Å²) in [6.07, 6.45) is 0. The van der Waals surface area contributed by atoms with Gasteiger partial charge in [-0.25, -0.2) is 0 Å². The van der Waals surface area contributed by atoms with Gasteiger partial charge in [0.2, 0.25) is 0 Å². The van der Waals surface area contributed by atoms with Crippen molar-refractivity contribution in [2.24, 2.45) is 0 Å². The lowest BCUT2D eigenvalue weighted by molar-refractivity contribution is -0.0159. The zero-order chi connectivity index (χ0) is 16.1. The van der Waals surface area contributed by atoms with Gasteiger partial charge in [-0.1, -0.05) is 0 Å². The standard InChI is InChI=1S/C17H23N3O2/c1-12(20-6-7-22-11-13(20)2)10-19-17-8-15(14(3)21)4-5-16(17)9-18/h4-5,8,12-13,19H,6-7,10-11H2,1-3H3. The average molecular weight is 301 g/mol. The molecule has 118 valence electrons. The van der Waals surface area contributed by atoms with Crippen molar-refractivity contribution in [1.29, 1.82) is 5.26 Å². The zero-order valence-corrected chi connectivity index (χ0v) is 13.4. The van der Waals surface area contributed by atoms with E-state index >= 15 is 0 Å². The van der Waals surface area contributed by atoms with Gasteiger partial charge in [-0.05, 0) is 39.0 Å². The molecule has 5 heteroatoms. The van der Waals surface area contributed by atoms with Crippen LogP contribution in [0.25, 0.3) is 0 Å². The van der Waals surface area contributed by atoms with Gasteiger partial charge < -0.3 is 10.1 Å². The third-order valence-electron chi connectivity index (χ3n) is 4.12. The van der Waals surface area contributed by atoms with E-state index in [-0.39, 0.29) is 5.78 Å². The lowest BCUT2D eigenvalue weighted by Crippen LogP contribution is -2.50. The highest BCUT2D eigenvalue weighted by atomic mass is 16.5. The first kappa shape index (κ1) is 16.5. The summed E-state index contributed by atoms with van der Waals surface area (Å²) in [6.45, 7) is 9.01. The monoisotopic (exact) mass is 301 g/mol. The van der Waals surface area contributed by atoms with E-state index in [1.807, 2.05) is 0 Å². The fourth-order valence-corrected chi connectivity index (χ4v) is 2.78. The van der Waals surface area contributed by atoms with Crippen LogP contribution in [0.1, 0.15) is 36.7 Å².